The molecule has 0 aromatic heterocycles. The van der Waals surface area contributed by atoms with E-state index in [0.717, 1.165) is 41.4 Å². The number of carbonyl (C=O) groups excluding carboxylic acids is 2. The van der Waals surface area contributed by atoms with Crippen molar-refractivity contribution in [2.45, 2.75) is 66.2 Å². The summed E-state index contributed by atoms with van der Waals surface area (Å²) < 4.78 is 10.1. The van der Waals surface area contributed by atoms with Crippen molar-refractivity contribution >= 4 is 47.4 Å². The van der Waals surface area contributed by atoms with E-state index in [-0.39, 0.29) is 34.9 Å². The summed E-state index contributed by atoms with van der Waals surface area (Å²) in [6.45, 7) is 8.03. The number of hydrogen-bond donors (Lipinski definition) is 2. The highest BCUT2D eigenvalue weighted by atomic mass is 32.2. The third kappa shape index (κ3) is 12.1. The maximum absolute atomic E-state index is 12.1. The van der Waals surface area contributed by atoms with E-state index in [2.05, 4.69) is 0 Å². The molecule has 38 heavy (non-hydrogen) atoms. The van der Waals surface area contributed by atoms with Crippen LogP contribution in [0.4, 0.5) is 0 Å². The Balaban J connectivity index is 2.69. The van der Waals surface area contributed by atoms with Crippen LogP contribution in [0.2, 0.25) is 0 Å². The van der Waals surface area contributed by atoms with Gasteiger partial charge in [-0.05, 0) is 92.6 Å². The van der Waals surface area contributed by atoms with Crippen LogP contribution in [0.5, 0.6) is 0 Å². The number of aromatic carboxylic acids is 2. The summed E-state index contributed by atoms with van der Waals surface area (Å²) in [4.78, 5) is 47.2. The molecule has 0 spiro atoms. The first-order valence-corrected chi connectivity index (χ1v) is 15.5. The second-order valence-corrected chi connectivity index (χ2v) is 11.5. The monoisotopic (exact) mass is 570 g/mol. The number of ether oxygens (including phenoxy) is 2. The number of benzene rings is 1. The molecule has 10 heteroatoms. The van der Waals surface area contributed by atoms with Crippen molar-refractivity contribution in [3.63, 3.8) is 0 Å². The van der Waals surface area contributed by atoms with Crippen LogP contribution in [0.1, 0.15) is 85.2 Å². The zero-order chi connectivity index (χ0) is 28.5. The molecule has 1 rings (SSSR count). The highest BCUT2D eigenvalue weighted by Gasteiger charge is 2.22. The fourth-order valence-electron chi connectivity index (χ4n) is 3.88. The summed E-state index contributed by atoms with van der Waals surface area (Å²) in [5, 5.41) is 19.4. The van der Waals surface area contributed by atoms with Crippen LogP contribution in [0.25, 0.3) is 0 Å². The van der Waals surface area contributed by atoms with Gasteiger partial charge in [-0.1, -0.05) is 19.9 Å². The predicted octanol–water partition coefficient (Wildman–Crippen LogP) is 5.59. The molecule has 0 heterocycles. The Kier molecular flexibility index (Phi) is 16.9. The van der Waals surface area contributed by atoms with Gasteiger partial charge in [0.25, 0.3) is 0 Å². The lowest BCUT2D eigenvalue weighted by molar-refractivity contribution is -0.148. The zero-order valence-corrected chi connectivity index (χ0v) is 24.6. The minimum atomic E-state index is -1.25. The first kappa shape index (κ1) is 33.8. The van der Waals surface area contributed by atoms with E-state index in [0.29, 0.717) is 44.5 Å². The quantitative estimate of drug-likeness (QED) is 0.151. The maximum atomic E-state index is 12.1. The van der Waals surface area contributed by atoms with Gasteiger partial charge in [0.1, 0.15) is 0 Å². The summed E-state index contributed by atoms with van der Waals surface area (Å²) >= 11 is 3.43. The molecule has 0 amide bonds. The zero-order valence-electron chi connectivity index (χ0n) is 23.0. The number of carboxylic acid groups (broad SMARTS) is 2. The van der Waals surface area contributed by atoms with Crippen LogP contribution in [0.15, 0.2) is 12.1 Å². The Morgan fingerprint density at radius 1 is 0.763 bits per heavy atom. The second-order valence-electron chi connectivity index (χ2n) is 9.05. The van der Waals surface area contributed by atoms with Gasteiger partial charge in [-0.25, -0.2) is 9.59 Å². The molecule has 0 fully saturated rings. The molecule has 2 N–H and O–H groups in total. The molecule has 0 saturated carbocycles. The first-order valence-electron chi connectivity index (χ1n) is 13.2. The van der Waals surface area contributed by atoms with Crippen LogP contribution < -0.4 is 0 Å². The van der Waals surface area contributed by atoms with Crippen LogP contribution in [0, 0.1) is 11.8 Å². The van der Waals surface area contributed by atoms with Crippen LogP contribution in [-0.4, -0.2) is 70.3 Å². The average Bonchev–Trinajstić information content (AvgIpc) is 2.87. The Morgan fingerprint density at radius 3 is 1.71 bits per heavy atom. The second kappa shape index (κ2) is 19.0. The summed E-state index contributed by atoms with van der Waals surface area (Å²) in [6, 6.07) is 3.14. The van der Waals surface area contributed by atoms with E-state index in [1.54, 1.807) is 43.4 Å². The summed E-state index contributed by atoms with van der Waals surface area (Å²) in [6.07, 6.45) is 4.09. The molecule has 0 aliphatic heterocycles. The summed E-state index contributed by atoms with van der Waals surface area (Å²) in [7, 11) is 0. The van der Waals surface area contributed by atoms with Crippen molar-refractivity contribution in [1.82, 2.24) is 0 Å². The molecule has 0 aliphatic carbocycles. The molecule has 8 nitrogen and oxygen atoms in total. The topological polar surface area (TPSA) is 127 Å². The Morgan fingerprint density at radius 2 is 1.26 bits per heavy atom. The number of esters is 2. The maximum Gasteiger partial charge on any atom is 0.336 e. The van der Waals surface area contributed by atoms with Crippen molar-refractivity contribution in [3.05, 3.63) is 34.4 Å². The van der Waals surface area contributed by atoms with Gasteiger partial charge in [0.05, 0.1) is 36.2 Å². The van der Waals surface area contributed by atoms with Gasteiger partial charge in [-0.3, -0.25) is 9.59 Å². The number of carbonyl (C=O) groups is 4. The highest BCUT2D eigenvalue weighted by molar-refractivity contribution is 7.99. The lowest BCUT2D eigenvalue weighted by atomic mass is 9.91. The lowest BCUT2D eigenvalue weighted by Gasteiger charge is -2.15. The standard InChI is InChI=1S/C28H42O8S2/c1-5-35-27(33)19(3)13-17-37-15-7-9-21-11-12-23(25(29)30)24(26(31)32)22(21)10-8-16-38-18-14-20(4)28(34)36-6-2/h11-12,19-20H,5-10,13-18H2,1-4H3,(H,29,30)(H,31,32). The van der Waals surface area contributed by atoms with Crippen molar-refractivity contribution in [1.29, 1.82) is 0 Å². The van der Waals surface area contributed by atoms with Gasteiger partial charge in [-0.2, -0.15) is 23.5 Å². The molecule has 2 unspecified atom stereocenters. The van der Waals surface area contributed by atoms with E-state index >= 15 is 0 Å². The van der Waals surface area contributed by atoms with Gasteiger partial charge in [0.15, 0.2) is 0 Å². The molecule has 0 bridgehead atoms. The van der Waals surface area contributed by atoms with Crippen molar-refractivity contribution < 1.29 is 38.9 Å². The van der Waals surface area contributed by atoms with Crippen LogP contribution >= 0.6 is 23.5 Å². The third-order valence-corrected chi connectivity index (χ3v) is 8.28. The smallest absolute Gasteiger partial charge is 0.336 e. The van der Waals surface area contributed by atoms with E-state index < -0.39 is 11.9 Å². The Labute approximate surface area is 234 Å². The molecule has 214 valence electrons. The number of carboxylic acids is 2. The molecule has 1 aromatic carbocycles. The summed E-state index contributed by atoms with van der Waals surface area (Å²) in [5.74, 6) is 0.114. The number of aryl methyl sites for hydroxylation is 1. The van der Waals surface area contributed by atoms with E-state index in [4.69, 9.17) is 9.47 Å². The van der Waals surface area contributed by atoms with Crippen molar-refractivity contribution in [2.75, 3.05) is 36.2 Å². The van der Waals surface area contributed by atoms with Gasteiger partial charge in [0, 0.05) is 0 Å². The van der Waals surface area contributed by atoms with E-state index in [1.165, 1.54) is 6.07 Å². The third-order valence-electron chi connectivity index (χ3n) is 6.07. The number of hydrogen-bond acceptors (Lipinski definition) is 8. The highest BCUT2D eigenvalue weighted by Crippen LogP contribution is 2.25. The molecule has 0 aliphatic rings. The van der Waals surface area contributed by atoms with Gasteiger partial charge in [-0.15, -0.1) is 0 Å². The predicted molar refractivity (Wildman–Crippen MR) is 152 cm³/mol. The molecule has 2 atom stereocenters. The molecular weight excluding hydrogens is 528 g/mol. The Hall–Kier alpha value is -2.20. The van der Waals surface area contributed by atoms with E-state index in [1.807, 2.05) is 13.8 Å². The summed E-state index contributed by atoms with van der Waals surface area (Å²) in [5.41, 5.74) is 1.16. The molecule has 0 saturated heterocycles. The van der Waals surface area contributed by atoms with Gasteiger partial charge >= 0.3 is 23.9 Å². The SMILES string of the molecule is CCOC(=O)C(C)CCSCCCc1ccc(C(=O)O)c(C(=O)O)c1CCCSCCC(C)C(=O)OCC. The van der Waals surface area contributed by atoms with Gasteiger partial charge < -0.3 is 19.7 Å². The van der Waals surface area contributed by atoms with Crippen LogP contribution in [0.3, 0.4) is 0 Å². The van der Waals surface area contributed by atoms with Crippen molar-refractivity contribution in [3.8, 4) is 0 Å². The largest absolute Gasteiger partial charge is 0.478 e. The molecule has 0 radical (unpaired) electrons. The number of thioether (sulfide) groups is 2. The van der Waals surface area contributed by atoms with Gasteiger partial charge in [0.2, 0.25) is 0 Å². The fraction of sp³-hybridized carbons (Fsp3) is 0.643. The minimum absolute atomic E-state index is 0.119. The lowest BCUT2D eigenvalue weighted by Crippen LogP contribution is -2.15. The van der Waals surface area contributed by atoms with Crippen LogP contribution in [-0.2, 0) is 31.9 Å². The molecule has 1 aromatic rings. The molecular formula is C28H42O8S2. The minimum Gasteiger partial charge on any atom is -0.478 e. The Bertz CT molecular complexity index is 918. The normalized spacial score (nSPS) is 12.5. The first-order chi connectivity index (χ1) is 18.1. The average molecular weight is 571 g/mol. The number of rotatable bonds is 20. The fourth-order valence-corrected chi connectivity index (χ4v) is 6.02. The van der Waals surface area contributed by atoms with Crippen molar-refractivity contribution in [2.24, 2.45) is 11.8 Å². The van der Waals surface area contributed by atoms with E-state index in [9.17, 15) is 29.4 Å².